The second-order valence-electron chi connectivity index (χ2n) is 14.2. The van der Waals surface area contributed by atoms with Gasteiger partial charge in [0.1, 0.15) is 23.2 Å². The molecule has 0 radical (unpaired) electrons. The lowest BCUT2D eigenvalue weighted by Crippen LogP contribution is -2.33. The fraction of sp³-hybridized carbons (Fsp3) is 0.0196. The molecule has 1 atom stereocenters. The predicted molar refractivity (Wildman–Crippen MR) is 231 cm³/mol. The summed E-state index contributed by atoms with van der Waals surface area (Å²) in [6.45, 7) is 0. The van der Waals surface area contributed by atoms with Crippen molar-refractivity contribution >= 4 is 55.4 Å². The Balaban J connectivity index is 1.05. The van der Waals surface area contributed by atoms with E-state index in [1.165, 1.54) is 11.1 Å². The van der Waals surface area contributed by atoms with Gasteiger partial charge < -0.3 is 14.3 Å². The van der Waals surface area contributed by atoms with Crippen LogP contribution in [0.4, 0.5) is 0 Å². The van der Waals surface area contributed by atoms with E-state index in [0.29, 0.717) is 5.84 Å². The highest BCUT2D eigenvalue weighted by atomic mass is 16.3. The highest BCUT2D eigenvalue weighted by Crippen LogP contribution is 2.40. The van der Waals surface area contributed by atoms with Crippen molar-refractivity contribution in [1.82, 2.24) is 9.88 Å². The molecule has 0 amide bonds. The molecule has 5 heteroatoms. The van der Waals surface area contributed by atoms with E-state index >= 15 is 0 Å². The van der Waals surface area contributed by atoms with Crippen molar-refractivity contribution in [3.63, 3.8) is 0 Å². The van der Waals surface area contributed by atoms with E-state index in [-0.39, 0.29) is 6.17 Å². The SMILES string of the molecule is c1ccc(C2=NC(c3cccc4c3c3ccccc3n4-c3ccc4oc5ccc(-c6ccccc6)cc5c4c3)NC(c3ccc(-c4ccccc4)cc3)=N2)cc1. The van der Waals surface area contributed by atoms with Crippen LogP contribution < -0.4 is 5.32 Å². The lowest BCUT2D eigenvalue weighted by molar-refractivity contribution is 0.669. The monoisotopic (exact) mass is 718 g/mol. The minimum Gasteiger partial charge on any atom is -0.456 e. The molecular formula is C51H34N4O. The summed E-state index contributed by atoms with van der Waals surface area (Å²) in [5.41, 5.74) is 12.8. The van der Waals surface area contributed by atoms with Gasteiger partial charge in [0, 0.05) is 43.9 Å². The van der Waals surface area contributed by atoms with Crippen LogP contribution in [0.3, 0.4) is 0 Å². The van der Waals surface area contributed by atoms with Gasteiger partial charge in [0.15, 0.2) is 5.84 Å². The molecule has 8 aromatic carbocycles. The summed E-state index contributed by atoms with van der Waals surface area (Å²) in [6, 6.07) is 68.0. The molecule has 11 rings (SSSR count). The Kier molecular flexibility index (Phi) is 7.49. The van der Waals surface area contributed by atoms with Crippen LogP contribution in [0.5, 0.6) is 0 Å². The summed E-state index contributed by atoms with van der Waals surface area (Å²) in [7, 11) is 0. The van der Waals surface area contributed by atoms with Crippen molar-refractivity contribution in [3.05, 3.63) is 211 Å². The van der Waals surface area contributed by atoms with E-state index in [1.54, 1.807) is 0 Å². The molecule has 264 valence electrons. The van der Waals surface area contributed by atoms with Crippen LogP contribution in [0.2, 0.25) is 0 Å². The second kappa shape index (κ2) is 13.1. The first-order valence-electron chi connectivity index (χ1n) is 18.9. The zero-order chi connectivity index (χ0) is 37.0. The Morgan fingerprint density at radius 2 is 1.02 bits per heavy atom. The molecule has 0 saturated heterocycles. The first kappa shape index (κ1) is 32.0. The zero-order valence-corrected chi connectivity index (χ0v) is 30.3. The van der Waals surface area contributed by atoms with Gasteiger partial charge in [-0.05, 0) is 64.7 Å². The average molecular weight is 719 g/mol. The normalized spacial score (nSPS) is 14.2. The third kappa shape index (κ3) is 5.40. The molecule has 0 fully saturated rings. The molecule has 0 spiro atoms. The average Bonchev–Trinajstić information content (AvgIpc) is 3.82. The maximum Gasteiger partial charge on any atom is 0.159 e. The van der Waals surface area contributed by atoms with Crippen molar-refractivity contribution in [1.29, 1.82) is 0 Å². The number of nitrogens with zero attached hydrogens (tertiary/aromatic N) is 3. The van der Waals surface area contributed by atoms with E-state index in [4.69, 9.17) is 14.4 Å². The second-order valence-corrected chi connectivity index (χ2v) is 14.2. The first-order valence-corrected chi connectivity index (χ1v) is 18.9. The molecule has 1 N–H and O–H groups in total. The minimum absolute atomic E-state index is 0.383. The summed E-state index contributed by atoms with van der Waals surface area (Å²) in [5, 5.41) is 8.25. The van der Waals surface area contributed by atoms with E-state index in [2.05, 4.69) is 180 Å². The third-order valence-electron chi connectivity index (χ3n) is 10.9. The maximum atomic E-state index is 6.37. The molecule has 2 aromatic heterocycles. The van der Waals surface area contributed by atoms with Gasteiger partial charge in [-0.25, -0.2) is 9.98 Å². The third-order valence-corrected chi connectivity index (χ3v) is 10.9. The van der Waals surface area contributed by atoms with Crippen molar-refractivity contribution in [2.24, 2.45) is 9.98 Å². The number of aromatic nitrogens is 1. The molecule has 1 aliphatic rings. The molecule has 5 nitrogen and oxygen atoms in total. The number of nitrogens with one attached hydrogen (secondary N) is 1. The summed E-state index contributed by atoms with van der Waals surface area (Å²) in [5.74, 6) is 1.49. The summed E-state index contributed by atoms with van der Waals surface area (Å²) in [6.07, 6.45) is -0.383. The van der Waals surface area contributed by atoms with Crippen LogP contribution in [-0.4, -0.2) is 16.2 Å². The van der Waals surface area contributed by atoms with Gasteiger partial charge in [0.2, 0.25) is 0 Å². The number of furan rings is 1. The first-order chi connectivity index (χ1) is 27.7. The Labute approximate surface area is 323 Å². The van der Waals surface area contributed by atoms with Gasteiger partial charge in [-0.1, -0.05) is 152 Å². The van der Waals surface area contributed by atoms with Crippen LogP contribution in [0.1, 0.15) is 22.9 Å². The molecule has 10 aromatic rings. The van der Waals surface area contributed by atoms with E-state index in [1.807, 2.05) is 24.3 Å². The predicted octanol–water partition coefficient (Wildman–Crippen LogP) is 12.5. The van der Waals surface area contributed by atoms with Crippen molar-refractivity contribution in [2.45, 2.75) is 6.17 Å². The van der Waals surface area contributed by atoms with Gasteiger partial charge in [0.25, 0.3) is 0 Å². The van der Waals surface area contributed by atoms with Gasteiger partial charge in [-0.15, -0.1) is 0 Å². The van der Waals surface area contributed by atoms with Crippen LogP contribution >= 0.6 is 0 Å². The van der Waals surface area contributed by atoms with Crippen molar-refractivity contribution in [3.8, 4) is 27.9 Å². The molecule has 0 saturated carbocycles. The van der Waals surface area contributed by atoms with Gasteiger partial charge in [-0.3, -0.25) is 0 Å². The van der Waals surface area contributed by atoms with Crippen molar-refractivity contribution in [2.75, 3.05) is 0 Å². The van der Waals surface area contributed by atoms with Crippen LogP contribution in [0.15, 0.2) is 209 Å². The smallest absolute Gasteiger partial charge is 0.159 e. The Morgan fingerprint density at radius 1 is 0.446 bits per heavy atom. The minimum atomic E-state index is -0.383. The fourth-order valence-corrected chi connectivity index (χ4v) is 8.19. The van der Waals surface area contributed by atoms with Crippen LogP contribution in [0.25, 0.3) is 71.7 Å². The Hall–Kier alpha value is -7.50. The number of amidine groups is 2. The number of hydrogen-bond acceptors (Lipinski definition) is 4. The quantitative estimate of drug-likeness (QED) is 0.186. The maximum absolute atomic E-state index is 6.37. The van der Waals surface area contributed by atoms with Gasteiger partial charge in [-0.2, -0.15) is 0 Å². The van der Waals surface area contributed by atoms with Crippen molar-refractivity contribution < 1.29 is 4.42 Å². The van der Waals surface area contributed by atoms with Gasteiger partial charge >= 0.3 is 0 Å². The summed E-state index contributed by atoms with van der Waals surface area (Å²) >= 11 is 0. The molecular weight excluding hydrogens is 685 g/mol. The highest BCUT2D eigenvalue weighted by Gasteiger charge is 2.25. The molecule has 1 unspecified atom stereocenters. The van der Waals surface area contributed by atoms with Gasteiger partial charge in [0.05, 0.1) is 11.0 Å². The van der Waals surface area contributed by atoms with E-state index < -0.39 is 0 Å². The highest BCUT2D eigenvalue weighted by molar-refractivity contribution is 6.15. The number of aliphatic imine (C=N–C) groups is 2. The zero-order valence-electron chi connectivity index (χ0n) is 30.3. The van der Waals surface area contributed by atoms with Crippen LogP contribution in [-0.2, 0) is 0 Å². The lowest BCUT2D eigenvalue weighted by atomic mass is 10.0. The number of rotatable bonds is 6. The van der Waals surface area contributed by atoms with E-state index in [0.717, 1.165) is 83.1 Å². The molecule has 1 aliphatic heterocycles. The number of fused-ring (bicyclic) bond motifs is 6. The van der Waals surface area contributed by atoms with E-state index in [9.17, 15) is 0 Å². The molecule has 56 heavy (non-hydrogen) atoms. The topological polar surface area (TPSA) is 54.8 Å². The largest absolute Gasteiger partial charge is 0.456 e. The Morgan fingerprint density at radius 3 is 1.77 bits per heavy atom. The summed E-state index contributed by atoms with van der Waals surface area (Å²) in [4.78, 5) is 10.4. The molecule has 3 heterocycles. The molecule has 0 aliphatic carbocycles. The lowest BCUT2D eigenvalue weighted by Gasteiger charge is -2.24. The van der Waals surface area contributed by atoms with Crippen LogP contribution in [0, 0.1) is 0 Å². The molecule has 0 bridgehead atoms. The number of para-hydroxylation sites is 1. The summed E-state index contributed by atoms with van der Waals surface area (Å²) < 4.78 is 8.74. The standard InChI is InChI=1S/C51H34N4O/c1-4-13-33(14-5-1)35-23-25-37(26-24-35)50-52-49(36-17-8-3-9-18-36)53-51(54-50)41-20-12-22-45-48(41)40-19-10-11-21-44(40)55(45)39-28-30-47-43(32-39)42-31-38(27-29-46(42)56-47)34-15-6-2-7-16-34/h1-32,51H,(H,52,53,54). The number of hydrogen-bond donors (Lipinski definition) is 1. The fourth-order valence-electron chi connectivity index (χ4n) is 8.19. The number of benzene rings is 8. The Bertz CT molecular complexity index is 3140.